The van der Waals surface area contributed by atoms with Crippen molar-refractivity contribution in [3.05, 3.63) is 97.1 Å². The van der Waals surface area contributed by atoms with Crippen molar-refractivity contribution >= 4 is 43.1 Å². The van der Waals surface area contributed by atoms with Crippen molar-refractivity contribution in [3.8, 4) is 11.1 Å². The summed E-state index contributed by atoms with van der Waals surface area (Å²) in [7, 11) is 0. The highest BCUT2D eigenvalue weighted by Gasteiger charge is 2.15. The quantitative estimate of drug-likeness (QED) is 0.218. The highest BCUT2D eigenvalue weighted by molar-refractivity contribution is 6.35. The van der Waals surface area contributed by atoms with Gasteiger partial charge in [0.05, 0.1) is 0 Å². The number of fused-ring (bicyclic) bond motifs is 2. The first-order valence-corrected chi connectivity index (χ1v) is 9.05. The zero-order chi connectivity index (χ0) is 17.1. The van der Waals surface area contributed by atoms with Gasteiger partial charge >= 0.3 is 0 Å². The first-order chi connectivity index (χ1) is 12.9. The molecule has 0 heterocycles. The van der Waals surface area contributed by atoms with Crippen LogP contribution in [0.5, 0.6) is 0 Å². The Balaban J connectivity index is 1.99. The second kappa shape index (κ2) is 5.06. The van der Waals surface area contributed by atoms with E-state index in [1.54, 1.807) is 0 Å². The summed E-state index contributed by atoms with van der Waals surface area (Å²) in [6, 6.07) is 35.3. The Morgan fingerprint density at radius 1 is 0.346 bits per heavy atom. The van der Waals surface area contributed by atoms with Gasteiger partial charge in [-0.05, 0) is 54.2 Å². The molecule has 0 spiro atoms. The van der Waals surface area contributed by atoms with Crippen molar-refractivity contribution in [3.63, 3.8) is 0 Å². The lowest BCUT2D eigenvalue weighted by atomic mass is 9.86. The van der Waals surface area contributed by atoms with Crippen LogP contribution in [0.25, 0.3) is 54.2 Å². The molecule has 0 nitrogen and oxygen atoms in total. The van der Waals surface area contributed by atoms with Crippen LogP contribution in [0.3, 0.4) is 0 Å². The molecule has 0 bridgehead atoms. The second-order valence-electron chi connectivity index (χ2n) is 6.97. The Labute approximate surface area is 151 Å². The van der Waals surface area contributed by atoms with E-state index < -0.39 is 0 Å². The molecule has 0 N–H and O–H groups in total. The van der Waals surface area contributed by atoms with Crippen molar-refractivity contribution in [2.45, 2.75) is 0 Å². The Kier molecular flexibility index (Phi) is 2.70. The maximum atomic E-state index is 2.28. The van der Waals surface area contributed by atoms with Crippen LogP contribution in [-0.4, -0.2) is 0 Å². The van der Waals surface area contributed by atoms with Crippen LogP contribution in [-0.2, 0) is 0 Å². The third kappa shape index (κ3) is 1.74. The van der Waals surface area contributed by atoms with Gasteiger partial charge in [-0.1, -0.05) is 97.1 Å². The van der Waals surface area contributed by atoms with Crippen LogP contribution >= 0.6 is 0 Å². The molecule has 0 heteroatoms. The Bertz CT molecular complexity index is 1400. The summed E-state index contributed by atoms with van der Waals surface area (Å²) < 4.78 is 0. The minimum atomic E-state index is 1.27. The molecular weight excluding hydrogens is 312 g/mol. The smallest absolute Gasteiger partial charge is 0.00141 e. The third-order valence-electron chi connectivity index (χ3n) is 5.59. The van der Waals surface area contributed by atoms with Crippen LogP contribution < -0.4 is 0 Å². The predicted octanol–water partition coefficient (Wildman–Crippen LogP) is 7.40. The largest absolute Gasteiger partial charge is 0.0622 e. The number of rotatable bonds is 1. The van der Waals surface area contributed by atoms with Gasteiger partial charge in [0.2, 0.25) is 0 Å². The van der Waals surface area contributed by atoms with Crippen LogP contribution in [0.2, 0.25) is 0 Å². The molecule has 26 heavy (non-hydrogen) atoms. The number of benzene rings is 6. The van der Waals surface area contributed by atoms with Crippen LogP contribution in [0.1, 0.15) is 0 Å². The van der Waals surface area contributed by atoms with Gasteiger partial charge < -0.3 is 0 Å². The average Bonchev–Trinajstić information content (AvgIpc) is 2.72. The molecule has 0 saturated heterocycles. The summed E-state index contributed by atoms with van der Waals surface area (Å²) in [6.45, 7) is 0. The maximum absolute atomic E-state index is 2.28. The van der Waals surface area contributed by atoms with Gasteiger partial charge in [0.15, 0.2) is 0 Å². The summed E-state index contributed by atoms with van der Waals surface area (Å²) >= 11 is 0. The zero-order valence-electron chi connectivity index (χ0n) is 14.2. The lowest BCUT2D eigenvalue weighted by Crippen LogP contribution is -1.89. The molecule has 120 valence electrons. The van der Waals surface area contributed by atoms with Gasteiger partial charge in [-0.25, -0.2) is 0 Å². The van der Waals surface area contributed by atoms with Gasteiger partial charge in [-0.2, -0.15) is 0 Å². The molecule has 0 amide bonds. The van der Waals surface area contributed by atoms with E-state index in [2.05, 4.69) is 97.1 Å². The van der Waals surface area contributed by atoms with E-state index in [1.807, 2.05) is 0 Å². The number of hydrogen-bond donors (Lipinski definition) is 0. The highest BCUT2D eigenvalue weighted by atomic mass is 14.2. The van der Waals surface area contributed by atoms with Gasteiger partial charge in [-0.15, -0.1) is 0 Å². The summed E-state index contributed by atoms with van der Waals surface area (Å²) in [5.74, 6) is 0. The van der Waals surface area contributed by atoms with Gasteiger partial charge in [0.25, 0.3) is 0 Å². The molecule has 6 aromatic rings. The van der Waals surface area contributed by atoms with Crippen LogP contribution in [0.15, 0.2) is 97.1 Å². The van der Waals surface area contributed by atoms with E-state index in [4.69, 9.17) is 0 Å². The summed E-state index contributed by atoms with van der Waals surface area (Å²) in [6.07, 6.45) is 0. The lowest BCUT2D eigenvalue weighted by Gasteiger charge is -2.17. The van der Waals surface area contributed by atoms with E-state index in [-0.39, 0.29) is 0 Å². The fourth-order valence-electron chi connectivity index (χ4n) is 4.52. The molecule has 0 atom stereocenters. The zero-order valence-corrected chi connectivity index (χ0v) is 14.2. The van der Waals surface area contributed by atoms with Crippen molar-refractivity contribution in [2.75, 3.05) is 0 Å². The minimum Gasteiger partial charge on any atom is -0.0622 e. The molecule has 0 aromatic heterocycles. The first kappa shape index (κ1) is 13.9. The van der Waals surface area contributed by atoms with Gasteiger partial charge in [-0.3, -0.25) is 0 Å². The first-order valence-electron chi connectivity index (χ1n) is 9.05. The average molecular weight is 328 g/mol. The van der Waals surface area contributed by atoms with Crippen molar-refractivity contribution < 1.29 is 0 Å². The SMILES string of the molecule is c1ccc(-c2ccc3cccc4c5cccc6cccc(c2c34)c65)cc1. The molecule has 0 aliphatic rings. The molecule has 6 aromatic carbocycles. The molecular formula is C26H16. The molecule has 0 aliphatic carbocycles. The molecule has 0 saturated carbocycles. The topological polar surface area (TPSA) is 0 Å². The Morgan fingerprint density at radius 2 is 0.962 bits per heavy atom. The van der Waals surface area contributed by atoms with Crippen LogP contribution in [0, 0.1) is 0 Å². The van der Waals surface area contributed by atoms with E-state index >= 15 is 0 Å². The van der Waals surface area contributed by atoms with Gasteiger partial charge in [0, 0.05) is 0 Å². The van der Waals surface area contributed by atoms with E-state index in [0.717, 1.165) is 0 Å². The molecule has 0 aliphatic heterocycles. The standard InChI is InChI=1S/C26H16/c1-2-7-17(8-3-1)20-16-15-19-11-5-13-22-21-12-4-9-18-10-6-14-23(24(18)21)26(20)25(19)22/h1-16H. The van der Waals surface area contributed by atoms with Crippen LogP contribution in [0.4, 0.5) is 0 Å². The Morgan fingerprint density at radius 3 is 1.69 bits per heavy atom. The Hall–Kier alpha value is -3.38. The summed E-state index contributed by atoms with van der Waals surface area (Å²) in [5, 5.41) is 10.8. The normalized spacial score (nSPS) is 11.8. The molecule has 0 unspecified atom stereocenters. The monoisotopic (exact) mass is 328 g/mol. The molecule has 0 radical (unpaired) electrons. The molecule has 6 rings (SSSR count). The second-order valence-corrected chi connectivity index (χ2v) is 6.97. The van der Waals surface area contributed by atoms with E-state index in [1.165, 1.54) is 54.2 Å². The van der Waals surface area contributed by atoms with Crippen molar-refractivity contribution in [2.24, 2.45) is 0 Å². The maximum Gasteiger partial charge on any atom is -0.00141 e. The predicted molar refractivity (Wildman–Crippen MR) is 113 cm³/mol. The van der Waals surface area contributed by atoms with Crippen molar-refractivity contribution in [1.29, 1.82) is 0 Å². The fraction of sp³-hybridized carbons (Fsp3) is 0. The highest BCUT2D eigenvalue weighted by Crippen LogP contribution is 2.43. The molecule has 0 fully saturated rings. The van der Waals surface area contributed by atoms with Gasteiger partial charge in [0.1, 0.15) is 0 Å². The number of hydrogen-bond acceptors (Lipinski definition) is 0. The lowest BCUT2D eigenvalue weighted by molar-refractivity contribution is 1.67. The summed E-state index contributed by atoms with van der Waals surface area (Å²) in [4.78, 5) is 0. The summed E-state index contributed by atoms with van der Waals surface area (Å²) in [5.41, 5.74) is 2.59. The fourth-order valence-corrected chi connectivity index (χ4v) is 4.52. The van der Waals surface area contributed by atoms with Crippen molar-refractivity contribution in [1.82, 2.24) is 0 Å². The minimum absolute atomic E-state index is 1.27. The van der Waals surface area contributed by atoms with E-state index in [9.17, 15) is 0 Å². The van der Waals surface area contributed by atoms with E-state index in [0.29, 0.717) is 0 Å². The third-order valence-corrected chi connectivity index (χ3v) is 5.59.